The quantitative estimate of drug-likeness (QED) is 0.747. The number of para-hydroxylation sites is 1. The number of aryl methyl sites for hydroxylation is 1. The highest BCUT2D eigenvalue weighted by Crippen LogP contribution is 2.49. The number of benzene rings is 2. The topological polar surface area (TPSA) is 87.1 Å². The van der Waals surface area contributed by atoms with Crippen LogP contribution in [0.1, 0.15) is 34.9 Å². The van der Waals surface area contributed by atoms with E-state index in [-0.39, 0.29) is 0 Å². The van der Waals surface area contributed by atoms with Crippen LogP contribution in [0.15, 0.2) is 54.6 Å². The van der Waals surface area contributed by atoms with Crippen LogP contribution in [0.5, 0.6) is 11.5 Å². The number of piperidine rings is 1. The van der Waals surface area contributed by atoms with Crippen molar-refractivity contribution in [2.75, 3.05) is 20.1 Å². The van der Waals surface area contributed by atoms with Gasteiger partial charge in [-0.2, -0.15) is 0 Å². The fraction of sp³-hybridized carbons (Fsp3) is 0.304. The zero-order chi connectivity index (χ0) is 21.0. The number of ether oxygens (including phenoxy) is 1. The van der Waals surface area contributed by atoms with Crippen molar-refractivity contribution >= 4 is 11.9 Å². The van der Waals surface area contributed by atoms with Crippen molar-refractivity contribution in [3.63, 3.8) is 0 Å². The van der Waals surface area contributed by atoms with Gasteiger partial charge < -0.3 is 19.8 Å². The molecule has 2 N–H and O–H groups in total. The number of carboxylic acids is 2. The number of nitrogens with zero attached hydrogens (tertiary/aromatic N) is 1. The van der Waals surface area contributed by atoms with Crippen LogP contribution in [0.25, 0.3) is 0 Å². The monoisotopic (exact) mass is 395 g/mol. The van der Waals surface area contributed by atoms with E-state index >= 15 is 0 Å². The van der Waals surface area contributed by atoms with E-state index in [9.17, 15) is 9.59 Å². The van der Waals surface area contributed by atoms with Crippen molar-refractivity contribution in [2.45, 2.75) is 25.2 Å². The van der Waals surface area contributed by atoms with Gasteiger partial charge in [-0.3, -0.25) is 0 Å². The lowest BCUT2D eigenvalue weighted by Gasteiger charge is -2.36. The number of fused-ring (bicyclic) bond motifs is 5. The number of carboxylic acid groups (broad SMARTS) is 2. The molecule has 6 nitrogen and oxygen atoms in total. The lowest BCUT2D eigenvalue weighted by molar-refractivity contribution is -0.134. The molecule has 2 aliphatic heterocycles. The molecule has 0 bridgehead atoms. The number of hydrogen-bond acceptors (Lipinski definition) is 4. The lowest BCUT2D eigenvalue weighted by atomic mass is 9.76. The van der Waals surface area contributed by atoms with Gasteiger partial charge in [0.25, 0.3) is 0 Å². The second kappa shape index (κ2) is 8.92. The Kier molecular flexibility index (Phi) is 6.34. The van der Waals surface area contributed by atoms with Crippen LogP contribution in [0.2, 0.25) is 0 Å². The molecule has 2 heterocycles. The molecule has 0 saturated carbocycles. The molecule has 6 heteroatoms. The second-order valence-electron chi connectivity index (χ2n) is 7.45. The van der Waals surface area contributed by atoms with Crippen LogP contribution in [-0.4, -0.2) is 47.2 Å². The van der Waals surface area contributed by atoms with E-state index in [2.05, 4.69) is 61.3 Å². The molecule has 0 unspecified atom stereocenters. The molecule has 2 aromatic carbocycles. The summed E-state index contributed by atoms with van der Waals surface area (Å²) >= 11 is 0. The molecular weight excluding hydrogens is 370 g/mol. The third-order valence-corrected chi connectivity index (χ3v) is 5.29. The number of aliphatic carboxylic acids is 2. The Bertz CT molecular complexity index is 921. The fourth-order valence-corrected chi connectivity index (χ4v) is 3.99. The Morgan fingerprint density at radius 2 is 1.66 bits per heavy atom. The zero-order valence-electron chi connectivity index (χ0n) is 16.5. The Labute approximate surface area is 170 Å². The minimum Gasteiger partial charge on any atom is -0.478 e. The van der Waals surface area contributed by atoms with Gasteiger partial charge in [-0.15, -0.1) is 0 Å². The molecule has 0 aliphatic carbocycles. The molecule has 1 saturated heterocycles. The summed E-state index contributed by atoms with van der Waals surface area (Å²) in [5, 5.41) is 15.6. The van der Waals surface area contributed by atoms with Crippen molar-refractivity contribution in [1.82, 2.24) is 4.90 Å². The molecular formula is C23H25NO5. The summed E-state index contributed by atoms with van der Waals surface area (Å²) in [4.78, 5) is 21.6. The molecule has 29 heavy (non-hydrogen) atoms. The average molecular weight is 395 g/mol. The van der Waals surface area contributed by atoms with E-state index in [1.165, 1.54) is 23.1 Å². The van der Waals surface area contributed by atoms with E-state index in [0.717, 1.165) is 24.6 Å². The summed E-state index contributed by atoms with van der Waals surface area (Å²) in [5.74, 6) is 0.665. The van der Waals surface area contributed by atoms with Crippen LogP contribution in [0, 0.1) is 6.92 Å². The van der Waals surface area contributed by atoms with Gasteiger partial charge in [0.1, 0.15) is 11.5 Å². The van der Waals surface area contributed by atoms with Crippen molar-refractivity contribution < 1.29 is 24.5 Å². The first-order chi connectivity index (χ1) is 13.8. The van der Waals surface area contributed by atoms with Crippen LogP contribution < -0.4 is 4.74 Å². The minimum absolute atomic E-state index is 0.530. The SMILES string of the molecule is Cc1ccc2c(c1)[C@H]1CN(C)CC[C@H]1c1ccccc1O2.O=C(O)/C=C\C(=O)O. The zero-order valence-corrected chi connectivity index (χ0v) is 16.5. The standard InChI is InChI=1S/C19H21NO.C4H4O4/c1-13-7-8-19-16(11-13)17-12-20(2)10-9-14(17)15-5-3-4-6-18(15)21-19;5-3(6)1-2-4(7)8/h3-8,11,14,17H,9-10,12H2,1-2H3;1-2H,(H,5,6)(H,7,8)/b;2-1-/t14-,17-;/m0./s1. The predicted octanol–water partition coefficient (Wildman–Crippen LogP) is 4.02. The Morgan fingerprint density at radius 3 is 2.34 bits per heavy atom. The van der Waals surface area contributed by atoms with Gasteiger partial charge in [0.15, 0.2) is 0 Å². The molecule has 2 aromatic rings. The first kappa shape index (κ1) is 20.6. The highest BCUT2D eigenvalue weighted by molar-refractivity contribution is 5.89. The molecule has 4 rings (SSSR count). The van der Waals surface area contributed by atoms with Crippen molar-refractivity contribution in [3.8, 4) is 11.5 Å². The number of rotatable bonds is 2. The predicted molar refractivity (Wildman–Crippen MR) is 110 cm³/mol. The van der Waals surface area contributed by atoms with Crippen molar-refractivity contribution in [2.24, 2.45) is 0 Å². The van der Waals surface area contributed by atoms with Gasteiger partial charge >= 0.3 is 11.9 Å². The normalized spacial score (nSPS) is 20.2. The summed E-state index contributed by atoms with van der Waals surface area (Å²) < 4.78 is 6.27. The molecule has 152 valence electrons. The maximum atomic E-state index is 9.55. The molecule has 0 aromatic heterocycles. The van der Waals surface area contributed by atoms with Crippen molar-refractivity contribution in [3.05, 3.63) is 71.3 Å². The minimum atomic E-state index is -1.26. The molecule has 0 spiro atoms. The van der Waals surface area contributed by atoms with E-state index < -0.39 is 11.9 Å². The first-order valence-corrected chi connectivity index (χ1v) is 9.55. The van der Waals surface area contributed by atoms with E-state index in [4.69, 9.17) is 14.9 Å². The van der Waals surface area contributed by atoms with Gasteiger partial charge in [-0.05, 0) is 50.6 Å². The molecule has 2 atom stereocenters. The fourth-order valence-electron chi connectivity index (χ4n) is 3.99. The van der Waals surface area contributed by atoms with Gasteiger partial charge in [-0.1, -0.05) is 35.9 Å². The maximum absolute atomic E-state index is 9.55. The maximum Gasteiger partial charge on any atom is 0.328 e. The number of carbonyl (C=O) groups is 2. The number of likely N-dealkylation sites (N-methyl/N-ethyl adjacent to an activating group) is 1. The van der Waals surface area contributed by atoms with E-state index in [1.807, 2.05) is 0 Å². The van der Waals surface area contributed by atoms with Crippen LogP contribution in [-0.2, 0) is 9.59 Å². The van der Waals surface area contributed by atoms with Crippen LogP contribution in [0.3, 0.4) is 0 Å². The summed E-state index contributed by atoms with van der Waals surface area (Å²) in [6.45, 7) is 4.44. The summed E-state index contributed by atoms with van der Waals surface area (Å²) in [6, 6.07) is 15.2. The molecule has 0 radical (unpaired) electrons. The van der Waals surface area contributed by atoms with Gasteiger partial charge in [0.2, 0.25) is 0 Å². The Hall–Kier alpha value is -3.12. The summed E-state index contributed by atoms with van der Waals surface area (Å²) in [5.41, 5.74) is 4.07. The third-order valence-electron chi connectivity index (χ3n) is 5.29. The number of likely N-dealkylation sites (tertiary alicyclic amines) is 1. The molecule has 1 fully saturated rings. The van der Waals surface area contributed by atoms with Crippen LogP contribution in [0.4, 0.5) is 0 Å². The highest BCUT2D eigenvalue weighted by atomic mass is 16.5. The molecule has 2 aliphatic rings. The summed E-state index contributed by atoms with van der Waals surface area (Å²) in [6.07, 6.45) is 2.32. The Balaban J connectivity index is 0.000000258. The van der Waals surface area contributed by atoms with Gasteiger partial charge in [-0.25, -0.2) is 9.59 Å². The second-order valence-corrected chi connectivity index (χ2v) is 7.45. The van der Waals surface area contributed by atoms with E-state index in [0.29, 0.717) is 24.0 Å². The van der Waals surface area contributed by atoms with Gasteiger partial charge in [0.05, 0.1) is 0 Å². The lowest BCUT2D eigenvalue weighted by Crippen LogP contribution is -2.35. The third kappa shape index (κ3) is 5.03. The smallest absolute Gasteiger partial charge is 0.328 e. The van der Waals surface area contributed by atoms with Crippen molar-refractivity contribution in [1.29, 1.82) is 0 Å². The summed E-state index contributed by atoms with van der Waals surface area (Å²) in [7, 11) is 2.23. The number of hydrogen-bond donors (Lipinski definition) is 2. The molecule has 0 amide bonds. The van der Waals surface area contributed by atoms with Crippen LogP contribution >= 0.6 is 0 Å². The average Bonchev–Trinajstić information content (AvgIpc) is 2.81. The largest absolute Gasteiger partial charge is 0.478 e. The first-order valence-electron chi connectivity index (χ1n) is 9.55. The van der Waals surface area contributed by atoms with Gasteiger partial charge in [0, 0.05) is 30.2 Å². The van der Waals surface area contributed by atoms with E-state index in [1.54, 1.807) is 0 Å². The Morgan fingerprint density at radius 1 is 1.00 bits per heavy atom. The highest BCUT2D eigenvalue weighted by Gasteiger charge is 2.35.